The lowest BCUT2D eigenvalue weighted by molar-refractivity contribution is -0.434. The number of carbonyl (C=O) groups excluding carboxylic acids is 3. The van der Waals surface area contributed by atoms with Crippen LogP contribution in [0.3, 0.4) is 0 Å². The van der Waals surface area contributed by atoms with Crippen LogP contribution in [0.2, 0.25) is 0 Å². The molecule has 1 fully saturated rings. The van der Waals surface area contributed by atoms with E-state index < -0.39 is 79.9 Å². The van der Waals surface area contributed by atoms with Crippen molar-refractivity contribution in [1.29, 1.82) is 0 Å². The highest BCUT2D eigenvalue weighted by Crippen LogP contribution is 2.29. The molecule has 28 heavy (non-hydrogen) atoms. The van der Waals surface area contributed by atoms with Crippen molar-refractivity contribution in [2.75, 3.05) is 6.61 Å². The van der Waals surface area contributed by atoms with Gasteiger partial charge in [0.2, 0.25) is 0 Å². The molecule has 1 aliphatic rings. The van der Waals surface area contributed by atoms with E-state index in [0.717, 1.165) is 6.92 Å². The Morgan fingerprint density at radius 3 is 2.25 bits per heavy atom. The third kappa shape index (κ3) is 6.05. The lowest BCUT2D eigenvalue weighted by atomic mass is 9.98. The van der Waals surface area contributed by atoms with E-state index in [4.69, 9.17) is 20.7 Å². The predicted octanol–water partition coefficient (Wildman–Crippen LogP) is -4.86. The number of hydrogen-bond donors (Lipinski definition) is 7. The van der Waals surface area contributed by atoms with Crippen LogP contribution in [-0.4, -0.2) is 97.7 Å². The molecule has 8 N–H and O–H groups in total. The first-order valence-electron chi connectivity index (χ1n) is 8.05. The second-order valence-corrected chi connectivity index (χ2v) is 6.00. The molecule has 1 heterocycles. The third-order valence-electron chi connectivity index (χ3n) is 3.70. The molecule has 1 aliphatic heterocycles. The fourth-order valence-corrected chi connectivity index (χ4v) is 2.03. The van der Waals surface area contributed by atoms with E-state index in [1.54, 1.807) is 0 Å². The summed E-state index contributed by atoms with van der Waals surface area (Å²) in [5.41, 5.74) is 5.42. The number of ether oxygens (including phenoxy) is 2. The number of esters is 1. The first-order valence-corrected chi connectivity index (χ1v) is 8.05. The van der Waals surface area contributed by atoms with E-state index in [-0.39, 0.29) is 0 Å². The van der Waals surface area contributed by atoms with Crippen molar-refractivity contribution < 1.29 is 64.3 Å². The number of aliphatic hydroxyl groups is 6. The van der Waals surface area contributed by atoms with E-state index in [1.807, 2.05) is 0 Å². The summed E-state index contributed by atoms with van der Waals surface area (Å²) in [4.78, 5) is 42.3. The number of rotatable bonds is 7. The summed E-state index contributed by atoms with van der Waals surface area (Å²) in [6.07, 6.45) is -10.1. The summed E-state index contributed by atoms with van der Waals surface area (Å²) in [7, 11) is 0. The Kier molecular flexibility index (Phi) is 8.65. The Balaban J connectivity index is 2.54. The summed E-state index contributed by atoms with van der Waals surface area (Å²) >= 11 is 0. The van der Waals surface area contributed by atoms with E-state index in [2.05, 4.69) is 14.5 Å². The van der Waals surface area contributed by atoms with Gasteiger partial charge in [-0.05, 0) is 13.3 Å². The highest BCUT2D eigenvalue weighted by atomic mass is 17.2. The van der Waals surface area contributed by atoms with Crippen molar-refractivity contribution in [3.63, 3.8) is 0 Å². The molecule has 2 unspecified atom stereocenters. The van der Waals surface area contributed by atoms with Gasteiger partial charge in [-0.15, -0.1) is 0 Å². The lowest BCUT2D eigenvalue weighted by Gasteiger charge is -2.43. The van der Waals surface area contributed by atoms with E-state index >= 15 is 0 Å². The van der Waals surface area contributed by atoms with Gasteiger partial charge < -0.3 is 45.8 Å². The monoisotopic (exact) mass is 413 g/mol. The maximum Gasteiger partial charge on any atom is 0.383 e. The number of hydrogen-bond acceptors (Lipinski definition) is 14. The van der Waals surface area contributed by atoms with Gasteiger partial charge in [-0.25, -0.2) is 19.4 Å². The minimum Gasteiger partial charge on any atom is -0.406 e. The molecule has 0 spiro atoms. The molecule has 1 saturated heterocycles. The average molecular weight is 413 g/mol. The molecule has 0 amide bonds. The summed E-state index contributed by atoms with van der Waals surface area (Å²) in [6, 6.07) is -1.46. The Hall–Kier alpha value is -1.91. The molecule has 0 aromatic rings. The molecule has 0 aromatic carbocycles. The van der Waals surface area contributed by atoms with Crippen molar-refractivity contribution in [2.45, 2.75) is 62.3 Å². The molecule has 0 aliphatic carbocycles. The maximum absolute atomic E-state index is 11.8. The van der Waals surface area contributed by atoms with Gasteiger partial charge >= 0.3 is 23.9 Å². The normalized spacial score (nSPS) is 32.1. The van der Waals surface area contributed by atoms with Crippen molar-refractivity contribution in [2.24, 2.45) is 5.73 Å². The average Bonchev–Trinajstić information content (AvgIpc) is 2.64. The smallest absolute Gasteiger partial charge is 0.383 e. The Labute approximate surface area is 157 Å². The molecule has 162 valence electrons. The minimum absolute atomic E-state index is 0.412. The molecule has 14 nitrogen and oxygen atoms in total. The molecule has 7 atom stereocenters. The third-order valence-corrected chi connectivity index (χ3v) is 3.70. The maximum atomic E-state index is 11.8. The first kappa shape index (κ1) is 24.1. The highest BCUT2D eigenvalue weighted by molar-refractivity contribution is 5.79. The molecule has 0 radical (unpaired) electrons. The van der Waals surface area contributed by atoms with E-state index in [9.17, 15) is 34.8 Å². The number of carbonyl (C=O) groups is 3. The minimum atomic E-state index is -3.07. The van der Waals surface area contributed by atoms with Crippen LogP contribution in [-0.2, 0) is 33.6 Å². The highest BCUT2D eigenvalue weighted by Gasteiger charge is 2.55. The zero-order valence-electron chi connectivity index (χ0n) is 14.7. The van der Waals surface area contributed by atoms with Crippen molar-refractivity contribution in [1.82, 2.24) is 0 Å². The predicted molar refractivity (Wildman–Crippen MR) is 82.1 cm³/mol. The van der Waals surface area contributed by atoms with Crippen molar-refractivity contribution in [3.05, 3.63) is 0 Å². The van der Waals surface area contributed by atoms with Crippen LogP contribution < -0.4 is 5.73 Å². The summed E-state index contributed by atoms with van der Waals surface area (Å²) < 4.78 is 9.27. The van der Waals surface area contributed by atoms with Crippen LogP contribution in [0.4, 0.5) is 0 Å². The Morgan fingerprint density at radius 1 is 1.14 bits per heavy atom. The quantitative estimate of drug-likeness (QED) is 0.0897. The zero-order chi connectivity index (χ0) is 21.6. The standard InChI is InChI=1S/C14H23NO13/c1-5(17)12(22)27-28-13(23)6(15)2-3-8(18)26-14(24)11(21)10(20)9(19)7(4-16)25-14/h5-7,9-11,16-17,19-21,24H,2-4,15H2,1H3/t5?,6-,7-,9-,10+,11-,14?/m1/s1. The van der Waals surface area contributed by atoms with Gasteiger partial charge in [0.25, 0.3) is 0 Å². The van der Waals surface area contributed by atoms with Gasteiger partial charge in [-0.1, -0.05) is 0 Å². The SMILES string of the molecule is CC(O)C(=O)OOC(=O)[C@H](N)CCC(=O)OC1(O)O[C@H](CO)[C@@H](O)[C@H](O)[C@H]1O. The lowest BCUT2D eigenvalue weighted by Crippen LogP contribution is -2.66. The van der Waals surface area contributed by atoms with Crippen LogP contribution in [0, 0.1) is 0 Å². The fourth-order valence-electron chi connectivity index (χ4n) is 2.03. The summed E-state index contributed by atoms with van der Waals surface area (Å²) in [6.45, 7) is 0.197. The molecule has 1 rings (SSSR count). The summed E-state index contributed by atoms with van der Waals surface area (Å²) in [5, 5.41) is 56.9. The fraction of sp³-hybridized carbons (Fsp3) is 0.786. The van der Waals surface area contributed by atoms with Crippen LogP contribution in [0.5, 0.6) is 0 Å². The molecule has 0 saturated carbocycles. The van der Waals surface area contributed by atoms with Crippen LogP contribution in [0.15, 0.2) is 0 Å². The number of nitrogens with two attached hydrogens (primary N) is 1. The number of aliphatic hydroxyl groups excluding tert-OH is 5. The molecule has 0 aromatic heterocycles. The molecular weight excluding hydrogens is 390 g/mol. The zero-order valence-corrected chi connectivity index (χ0v) is 14.7. The van der Waals surface area contributed by atoms with Crippen molar-refractivity contribution in [3.8, 4) is 0 Å². The largest absolute Gasteiger partial charge is 0.406 e. The van der Waals surface area contributed by atoms with Gasteiger partial charge in [0.05, 0.1) is 6.61 Å². The molecular formula is C14H23NO13. The van der Waals surface area contributed by atoms with Gasteiger partial charge in [-0.2, -0.15) is 0 Å². The van der Waals surface area contributed by atoms with Crippen LogP contribution >= 0.6 is 0 Å². The second kappa shape index (κ2) is 10.0. The van der Waals surface area contributed by atoms with Gasteiger partial charge in [0.1, 0.15) is 24.4 Å². The van der Waals surface area contributed by atoms with Gasteiger partial charge in [0, 0.05) is 6.42 Å². The van der Waals surface area contributed by atoms with E-state index in [1.165, 1.54) is 0 Å². The molecule has 0 bridgehead atoms. The van der Waals surface area contributed by atoms with Crippen LogP contribution in [0.1, 0.15) is 19.8 Å². The summed E-state index contributed by atoms with van der Waals surface area (Å²) in [5.74, 6) is -6.79. The first-order chi connectivity index (χ1) is 12.9. The van der Waals surface area contributed by atoms with Gasteiger partial charge in [-0.3, -0.25) is 4.79 Å². The van der Waals surface area contributed by atoms with Gasteiger partial charge in [0.15, 0.2) is 12.2 Å². The topological polar surface area (TPSA) is 236 Å². The van der Waals surface area contributed by atoms with E-state index in [0.29, 0.717) is 0 Å². The van der Waals surface area contributed by atoms with Crippen LogP contribution in [0.25, 0.3) is 0 Å². The Morgan fingerprint density at radius 2 is 1.71 bits per heavy atom. The molecule has 14 heteroatoms. The second-order valence-electron chi connectivity index (χ2n) is 6.00. The Bertz CT molecular complexity index is 567. The van der Waals surface area contributed by atoms with Crippen molar-refractivity contribution >= 4 is 17.9 Å².